The van der Waals surface area contributed by atoms with E-state index >= 15 is 0 Å². The smallest absolute Gasteiger partial charge is 0.244 e. The lowest BCUT2D eigenvalue weighted by molar-refractivity contribution is -0.117. The minimum absolute atomic E-state index is 0.000555. The van der Waals surface area contributed by atoms with E-state index in [4.69, 9.17) is 4.42 Å². The molecule has 0 radical (unpaired) electrons. The highest BCUT2D eigenvalue weighted by Gasteiger charge is 2.39. The molecule has 1 amide bonds. The van der Waals surface area contributed by atoms with Crippen LogP contribution >= 0.6 is 0 Å². The molecule has 2 heterocycles. The topological polar surface area (TPSA) is 76.4 Å². The zero-order valence-corrected chi connectivity index (χ0v) is 11.8. The first-order valence-electron chi connectivity index (χ1n) is 6.05. The molecule has 0 spiro atoms. The van der Waals surface area contributed by atoms with Crippen molar-refractivity contribution in [2.24, 2.45) is 0 Å². The van der Waals surface area contributed by atoms with E-state index < -0.39 is 15.4 Å². The van der Waals surface area contributed by atoms with Gasteiger partial charge in [0.25, 0.3) is 0 Å². The molecule has 0 aliphatic carbocycles. The van der Waals surface area contributed by atoms with E-state index in [1.807, 2.05) is 13.0 Å². The Morgan fingerprint density at radius 1 is 1.47 bits per heavy atom. The van der Waals surface area contributed by atoms with Gasteiger partial charge in [-0.15, -0.1) is 0 Å². The summed E-state index contributed by atoms with van der Waals surface area (Å²) >= 11 is 0. The third kappa shape index (κ3) is 3.70. The van der Waals surface area contributed by atoms with Gasteiger partial charge in [-0.1, -0.05) is 0 Å². The van der Waals surface area contributed by atoms with Gasteiger partial charge in [-0.2, -0.15) is 0 Å². The van der Waals surface area contributed by atoms with Crippen molar-refractivity contribution in [3.63, 3.8) is 0 Å². The second-order valence-corrected chi connectivity index (χ2v) is 7.36. The molecular weight excluding hydrogens is 266 g/mol. The van der Waals surface area contributed by atoms with Gasteiger partial charge in [-0.25, -0.2) is 8.42 Å². The van der Waals surface area contributed by atoms with Crippen molar-refractivity contribution in [3.05, 3.63) is 29.7 Å². The minimum Gasteiger partial charge on any atom is -0.462 e. The number of sulfone groups is 1. The normalized spacial score (nSPS) is 25.8. The van der Waals surface area contributed by atoms with Crippen LogP contribution in [-0.2, 0) is 14.6 Å². The van der Waals surface area contributed by atoms with Crippen LogP contribution in [0, 0.1) is 6.92 Å². The third-order valence-corrected chi connectivity index (χ3v) is 4.99. The van der Waals surface area contributed by atoms with Gasteiger partial charge in [0.15, 0.2) is 9.84 Å². The minimum atomic E-state index is -3.02. The number of aryl methyl sites for hydroxylation is 1. The Bertz CT molecular complexity index is 614. The molecule has 0 aromatic carbocycles. The molecule has 1 fully saturated rings. The second-order valence-electron chi connectivity index (χ2n) is 5.17. The molecule has 1 aromatic rings. The van der Waals surface area contributed by atoms with E-state index in [0.29, 0.717) is 12.2 Å². The zero-order chi connectivity index (χ0) is 14.1. The van der Waals surface area contributed by atoms with Crippen LogP contribution in [0.3, 0.4) is 0 Å². The SMILES string of the molecule is Cc1ccc(/C=C/C(=O)N[C@]2(C)CCS(=O)(=O)C2)o1. The summed E-state index contributed by atoms with van der Waals surface area (Å²) in [5.74, 6) is 1.18. The Morgan fingerprint density at radius 3 is 2.74 bits per heavy atom. The van der Waals surface area contributed by atoms with Crippen molar-refractivity contribution in [1.82, 2.24) is 5.32 Å². The third-order valence-electron chi connectivity index (χ3n) is 3.09. The molecule has 19 heavy (non-hydrogen) atoms. The summed E-state index contributed by atoms with van der Waals surface area (Å²) in [4.78, 5) is 11.8. The maximum absolute atomic E-state index is 11.8. The Balaban J connectivity index is 1.97. The van der Waals surface area contributed by atoms with E-state index in [-0.39, 0.29) is 17.4 Å². The fraction of sp³-hybridized carbons (Fsp3) is 0.462. The average molecular weight is 283 g/mol. The molecule has 0 unspecified atom stereocenters. The van der Waals surface area contributed by atoms with Gasteiger partial charge < -0.3 is 9.73 Å². The van der Waals surface area contributed by atoms with Crippen LogP contribution in [0.2, 0.25) is 0 Å². The lowest BCUT2D eigenvalue weighted by Gasteiger charge is -2.22. The van der Waals surface area contributed by atoms with Crippen molar-refractivity contribution in [1.29, 1.82) is 0 Å². The molecule has 6 heteroatoms. The van der Waals surface area contributed by atoms with Crippen LogP contribution in [0.1, 0.15) is 24.9 Å². The monoisotopic (exact) mass is 283 g/mol. The predicted molar refractivity (Wildman–Crippen MR) is 72.3 cm³/mol. The van der Waals surface area contributed by atoms with Crippen molar-refractivity contribution in [2.75, 3.05) is 11.5 Å². The van der Waals surface area contributed by atoms with E-state index in [1.165, 1.54) is 6.08 Å². The number of carbonyl (C=O) groups is 1. The van der Waals surface area contributed by atoms with Crippen molar-refractivity contribution >= 4 is 21.8 Å². The van der Waals surface area contributed by atoms with Gasteiger partial charge in [0.1, 0.15) is 11.5 Å². The van der Waals surface area contributed by atoms with Gasteiger partial charge in [0, 0.05) is 6.08 Å². The summed E-state index contributed by atoms with van der Waals surface area (Å²) in [6.07, 6.45) is 3.37. The lowest BCUT2D eigenvalue weighted by Crippen LogP contribution is -2.46. The number of hydrogen-bond donors (Lipinski definition) is 1. The van der Waals surface area contributed by atoms with Crippen LogP contribution in [0.15, 0.2) is 22.6 Å². The van der Waals surface area contributed by atoms with Crippen molar-refractivity contribution in [2.45, 2.75) is 25.8 Å². The summed E-state index contributed by atoms with van der Waals surface area (Å²) in [5.41, 5.74) is -0.667. The first-order chi connectivity index (χ1) is 8.78. The quantitative estimate of drug-likeness (QED) is 0.848. The van der Waals surface area contributed by atoms with E-state index in [2.05, 4.69) is 5.32 Å². The standard InChI is InChI=1S/C13H17NO4S/c1-10-3-4-11(18-10)5-6-12(15)14-13(2)7-8-19(16,17)9-13/h3-6H,7-9H2,1-2H3,(H,14,15)/b6-5+/t13-/m1/s1. The summed E-state index contributed by atoms with van der Waals surface area (Å²) < 4.78 is 28.2. The molecule has 1 aliphatic heterocycles. The molecule has 5 nitrogen and oxygen atoms in total. The summed E-state index contributed by atoms with van der Waals surface area (Å²) in [6.45, 7) is 3.57. The highest BCUT2D eigenvalue weighted by molar-refractivity contribution is 7.91. The van der Waals surface area contributed by atoms with Gasteiger partial charge in [0.2, 0.25) is 5.91 Å². The fourth-order valence-electron chi connectivity index (χ4n) is 2.15. The van der Waals surface area contributed by atoms with Gasteiger partial charge in [0.05, 0.1) is 17.0 Å². The Hall–Kier alpha value is -1.56. The highest BCUT2D eigenvalue weighted by atomic mass is 32.2. The first-order valence-corrected chi connectivity index (χ1v) is 7.87. The van der Waals surface area contributed by atoms with Crippen LogP contribution in [0.25, 0.3) is 6.08 Å². The summed E-state index contributed by atoms with van der Waals surface area (Å²) in [6, 6.07) is 3.57. The number of nitrogens with one attached hydrogen (secondary N) is 1. The molecule has 1 N–H and O–H groups in total. The first kappa shape index (κ1) is 13.9. The lowest BCUT2D eigenvalue weighted by atomic mass is 10.0. The van der Waals surface area contributed by atoms with Crippen molar-refractivity contribution in [3.8, 4) is 0 Å². The zero-order valence-electron chi connectivity index (χ0n) is 11.0. The van der Waals surface area contributed by atoms with Crippen LogP contribution in [0.4, 0.5) is 0 Å². The number of carbonyl (C=O) groups excluding carboxylic acids is 1. The summed E-state index contributed by atoms with van der Waals surface area (Å²) in [7, 11) is -3.02. The van der Waals surface area contributed by atoms with Crippen LogP contribution in [0.5, 0.6) is 0 Å². The van der Waals surface area contributed by atoms with Gasteiger partial charge in [-0.3, -0.25) is 4.79 Å². The largest absolute Gasteiger partial charge is 0.462 e. The van der Waals surface area contributed by atoms with E-state index in [9.17, 15) is 13.2 Å². The summed E-state index contributed by atoms with van der Waals surface area (Å²) in [5, 5.41) is 2.74. The molecule has 104 valence electrons. The predicted octanol–water partition coefficient (Wildman–Crippen LogP) is 1.29. The Morgan fingerprint density at radius 2 is 2.21 bits per heavy atom. The Labute approximate surface area is 112 Å². The van der Waals surface area contributed by atoms with Crippen LogP contribution < -0.4 is 5.32 Å². The maximum Gasteiger partial charge on any atom is 0.244 e. The molecule has 2 rings (SSSR count). The molecule has 0 saturated carbocycles. The van der Waals surface area contributed by atoms with Crippen LogP contribution in [-0.4, -0.2) is 31.4 Å². The fourth-order valence-corrected chi connectivity index (χ4v) is 4.24. The Kier molecular flexibility index (Phi) is 3.54. The molecule has 1 atom stereocenters. The number of hydrogen-bond acceptors (Lipinski definition) is 4. The average Bonchev–Trinajstić information content (AvgIpc) is 2.80. The maximum atomic E-state index is 11.8. The van der Waals surface area contributed by atoms with E-state index in [0.717, 1.165) is 5.76 Å². The number of rotatable bonds is 3. The van der Waals surface area contributed by atoms with Crippen molar-refractivity contribution < 1.29 is 17.6 Å². The molecule has 1 aromatic heterocycles. The number of amides is 1. The molecule has 0 bridgehead atoms. The molecule has 1 aliphatic rings. The van der Waals surface area contributed by atoms with Gasteiger partial charge in [-0.05, 0) is 38.5 Å². The second kappa shape index (κ2) is 4.85. The molecular formula is C13H17NO4S. The van der Waals surface area contributed by atoms with Gasteiger partial charge >= 0.3 is 0 Å². The number of furan rings is 1. The van der Waals surface area contributed by atoms with E-state index in [1.54, 1.807) is 19.1 Å². The highest BCUT2D eigenvalue weighted by Crippen LogP contribution is 2.22. The molecule has 1 saturated heterocycles.